The Morgan fingerprint density at radius 3 is 2.35 bits per heavy atom. The molecule has 1 heterocycles. The third kappa shape index (κ3) is 4.65. The molecule has 0 spiro atoms. The van der Waals surface area contributed by atoms with Gasteiger partial charge in [0.25, 0.3) is 0 Å². The van der Waals surface area contributed by atoms with E-state index in [9.17, 15) is 13.2 Å². The topological polar surface area (TPSA) is 38.2 Å². The molecule has 0 bridgehead atoms. The molecule has 0 aliphatic rings. The van der Waals surface area contributed by atoms with Crippen molar-refractivity contribution in [3.63, 3.8) is 0 Å². The number of alkyl halides is 3. The fourth-order valence-electron chi connectivity index (χ4n) is 2.52. The summed E-state index contributed by atoms with van der Waals surface area (Å²) in [6.07, 6.45) is -3.78. The summed E-state index contributed by atoms with van der Waals surface area (Å²) in [7, 11) is 1.57. The summed E-state index contributed by atoms with van der Waals surface area (Å²) in [6, 6.07) is 7.29. The minimum absolute atomic E-state index is 0.0596. The molecule has 0 saturated carbocycles. The molecule has 0 unspecified atom stereocenters. The largest absolute Gasteiger partial charge is 0.463 e. The van der Waals surface area contributed by atoms with Crippen molar-refractivity contribution >= 4 is 11.5 Å². The van der Waals surface area contributed by atoms with E-state index in [0.717, 1.165) is 11.8 Å². The van der Waals surface area contributed by atoms with Crippen LogP contribution in [-0.2, 0) is 6.18 Å². The van der Waals surface area contributed by atoms with Crippen LogP contribution < -0.4 is 9.64 Å². The van der Waals surface area contributed by atoms with Crippen LogP contribution in [0.25, 0.3) is 0 Å². The molecule has 0 atom stereocenters. The Hall–Kier alpha value is -2.31. The van der Waals surface area contributed by atoms with Gasteiger partial charge < -0.3 is 9.64 Å². The van der Waals surface area contributed by atoms with Gasteiger partial charge in [-0.05, 0) is 23.5 Å². The van der Waals surface area contributed by atoms with Crippen LogP contribution in [0.1, 0.15) is 44.7 Å². The molecule has 142 valence electrons. The van der Waals surface area contributed by atoms with Gasteiger partial charge >= 0.3 is 12.2 Å². The smallest absolute Gasteiger partial charge is 0.421 e. The summed E-state index contributed by atoms with van der Waals surface area (Å²) in [5.74, 6) is 0.143. The molecule has 2 rings (SSSR count). The van der Waals surface area contributed by atoms with Crippen molar-refractivity contribution < 1.29 is 17.9 Å². The van der Waals surface area contributed by atoms with Crippen molar-refractivity contribution in [1.29, 1.82) is 0 Å². The van der Waals surface area contributed by atoms with Crippen molar-refractivity contribution in [3.8, 4) is 6.01 Å². The predicted molar refractivity (Wildman–Crippen MR) is 96.0 cm³/mol. The first-order valence-electron chi connectivity index (χ1n) is 8.51. The third-order valence-electron chi connectivity index (χ3n) is 3.84. The number of benzene rings is 1. The number of anilines is 2. The molecule has 1 aromatic carbocycles. The van der Waals surface area contributed by atoms with Crippen LogP contribution in [0.4, 0.5) is 24.7 Å². The quantitative estimate of drug-likeness (QED) is 0.683. The molecule has 1 aromatic heterocycles. The Labute approximate surface area is 152 Å². The maximum absolute atomic E-state index is 13.5. The van der Waals surface area contributed by atoms with Crippen molar-refractivity contribution in [2.45, 2.75) is 39.8 Å². The molecular weight excluding hydrogens is 343 g/mol. The summed E-state index contributed by atoms with van der Waals surface area (Å²) in [4.78, 5) is 9.24. The zero-order valence-electron chi connectivity index (χ0n) is 15.6. The van der Waals surface area contributed by atoms with Gasteiger partial charge in [-0.2, -0.15) is 18.2 Å². The highest BCUT2D eigenvalue weighted by molar-refractivity contribution is 5.66. The summed E-state index contributed by atoms with van der Waals surface area (Å²) in [5, 5.41) is 0. The SMILES string of the molecule is CC(C)COc1ncc(C(F)(F)F)c(N(C)c2ccccc2C(C)C)n1. The highest BCUT2D eigenvalue weighted by atomic mass is 19.4. The first kappa shape index (κ1) is 20.0. The second-order valence-electron chi connectivity index (χ2n) is 6.87. The van der Waals surface area contributed by atoms with E-state index in [1.54, 1.807) is 19.2 Å². The molecule has 0 N–H and O–H groups in total. The second-order valence-corrected chi connectivity index (χ2v) is 6.87. The maximum Gasteiger partial charge on any atom is 0.421 e. The first-order chi connectivity index (χ1) is 12.1. The lowest BCUT2D eigenvalue weighted by Gasteiger charge is -2.26. The van der Waals surface area contributed by atoms with E-state index in [1.807, 2.05) is 39.8 Å². The van der Waals surface area contributed by atoms with Gasteiger partial charge in [0, 0.05) is 18.9 Å². The van der Waals surface area contributed by atoms with E-state index in [1.165, 1.54) is 4.90 Å². The maximum atomic E-state index is 13.5. The van der Waals surface area contributed by atoms with Gasteiger partial charge in [-0.3, -0.25) is 0 Å². The number of halogens is 3. The average Bonchev–Trinajstić information content (AvgIpc) is 2.58. The van der Waals surface area contributed by atoms with Crippen LogP contribution in [0.15, 0.2) is 30.5 Å². The third-order valence-corrected chi connectivity index (χ3v) is 3.84. The molecule has 0 aliphatic carbocycles. The lowest BCUT2D eigenvalue weighted by Crippen LogP contribution is -2.21. The molecule has 26 heavy (non-hydrogen) atoms. The van der Waals surface area contributed by atoms with Crippen molar-refractivity contribution in [1.82, 2.24) is 9.97 Å². The van der Waals surface area contributed by atoms with Gasteiger partial charge in [-0.25, -0.2) is 4.98 Å². The van der Waals surface area contributed by atoms with Crippen molar-refractivity contribution in [3.05, 3.63) is 41.6 Å². The normalized spacial score (nSPS) is 11.9. The molecule has 0 amide bonds. The summed E-state index contributed by atoms with van der Waals surface area (Å²) in [6.45, 7) is 8.20. The van der Waals surface area contributed by atoms with E-state index in [-0.39, 0.29) is 23.7 Å². The van der Waals surface area contributed by atoms with Gasteiger partial charge in [0.05, 0.1) is 6.61 Å². The monoisotopic (exact) mass is 367 g/mol. The molecule has 0 aliphatic heterocycles. The number of para-hydroxylation sites is 1. The number of hydrogen-bond donors (Lipinski definition) is 0. The molecule has 0 saturated heterocycles. The molecule has 4 nitrogen and oxygen atoms in total. The number of rotatable bonds is 6. The lowest BCUT2D eigenvalue weighted by molar-refractivity contribution is -0.137. The van der Waals surface area contributed by atoms with Gasteiger partial charge in [-0.1, -0.05) is 45.9 Å². The number of aromatic nitrogens is 2. The highest BCUT2D eigenvalue weighted by Gasteiger charge is 2.37. The Morgan fingerprint density at radius 1 is 1.12 bits per heavy atom. The van der Waals surface area contributed by atoms with E-state index in [0.29, 0.717) is 12.3 Å². The summed E-state index contributed by atoms with van der Waals surface area (Å²) < 4.78 is 45.9. The van der Waals surface area contributed by atoms with E-state index in [2.05, 4.69) is 9.97 Å². The fourth-order valence-corrected chi connectivity index (χ4v) is 2.52. The average molecular weight is 367 g/mol. The standard InChI is InChI=1S/C19H24F3N3O/c1-12(2)11-26-18-23-10-15(19(20,21)22)17(24-18)25(5)16-9-7-6-8-14(16)13(3)4/h6-10,12-13H,11H2,1-5H3. The van der Waals surface area contributed by atoms with Crippen LogP contribution in [0, 0.1) is 5.92 Å². The Kier molecular flexibility index (Phi) is 6.10. The molecule has 0 radical (unpaired) electrons. The highest BCUT2D eigenvalue weighted by Crippen LogP contribution is 2.39. The summed E-state index contributed by atoms with van der Waals surface area (Å²) in [5.41, 5.74) is 0.711. The number of hydrogen-bond acceptors (Lipinski definition) is 4. The molecular formula is C19H24F3N3O. The Bertz CT molecular complexity index is 745. The number of nitrogens with zero attached hydrogens (tertiary/aromatic N) is 3. The van der Waals surface area contributed by atoms with Crippen LogP contribution in [0.3, 0.4) is 0 Å². The lowest BCUT2D eigenvalue weighted by atomic mass is 10.0. The minimum atomic E-state index is -4.56. The van der Waals surface area contributed by atoms with E-state index in [4.69, 9.17) is 4.74 Å². The van der Waals surface area contributed by atoms with E-state index >= 15 is 0 Å². The van der Waals surface area contributed by atoms with Crippen LogP contribution in [0.5, 0.6) is 6.01 Å². The fraction of sp³-hybridized carbons (Fsp3) is 0.474. The molecule has 7 heteroatoms. The zero-order valence-corrected chi connectivity index (χ0v) is 15.6. The van der Waals surface area contributed by atoms with Crippen LogP contribution in [0.2, 0.25) is 0 Å². The predicted octanol–water partition coefficient (Wildman–Crippen LogP) is 5.42. The van der Waals surface area contributed by atoms with Gasteiger partial charge in [-0.15, -0.1) is 0 Å². The molecule has 0 fully saturated rings. The van der Waals surface area contributed by atoms with Gasteiger partial charge in [0.15, 0.2) is 5.82 Å². The molecule has 2 aromatic rings. The van der Waals surface area contributed by atoms with Gasteiger partial charge in [0.2, 0.25) is 0 Å². The Morgan fingerprint density at radius 2 is 1.77 bits per heavy atom. The van der Waals surface area contributed by atoms with Crippen LogP contribution >= 0.6 is 0 Å². The summed E-state index contributed by atoms with van der Waals surface area (Å²) >= 11 is 0. The van der Waals surface area contributed by atoms with Gasteiger partial charge in [0.1, 0.15) is 5.56 Å². The van der Waals surface area contributed by atoms with E-state index < -0.39 is 11.7 Å². The van der Waals surface area contributed by atoms with Crippen molar-refractivity contribution in [2.24, 2.45) is 5.92 Å². The number of ether oxygens (including phenoxy) is 1. The van der Waals surface area contributed by atoms with Crippen molar-refractivity contribution in [2.75, 3.05) is 18.6 Å². The zero-order chi connectivity index (χ0) is 19.5. The minimum Gasteiger partial charge on any atom is -0.463 e. The van der Waals surface area contributed by atoms with Crippen LogP contribution in [-0.4, -0.2) is 23.6 Å². The first-order valence-corrected chi connectivity index (χ1v) is 8.51. The second kappa shape index (κ2) is 7.93. The Balaban J connectivity index is 2.52.